The maximum atomic E-state index is 12.9. The van der Waals surface area contributed by atoms with Crippen LogP contribution >= 0.6 is 11.8 Å². The summed E-state index contributed by atoms with van der Waals surface area (Å²) in [5.74, 6) is 0.420. The van der Waals surface area contributed by atoms with Crippen molar-refractivity contribution in [3.05, 3.63) is 84.6 Å². The van der Waals surface area contributed by atoms with Crippen molar-refractivity contribution in [3.8, 4) is 0 Å². The van der Waals surface area contributed by atoms with Crippen molar-refractivity contribution in [2.45, 2.75) is 11.6 Å². The van der Waals surface area contributed by atoms with Crippen molar-refractivity contribution in [3.63, 3.8) is 0 Å². The molecule has 2 amide bonds. The van der Waals surface area contributed by atoms with Gasteiger partial charge in [-0.25, -0.2) is 9.97 Å². The van der Waals surface area contributed by atoms with Crippen LogP contribution in [0.25, 0.3) is 10.9 Å². The second-order valence-electron chi connectivity index (χ2n) is 6.72. The van der Waals surface area contributed by atoms with Crippen LogP contribution in [0.4, 0.5) is 5.69 Å². The Labute approximate surface area is 183 Å². The van der Waals surface area contributed by atoms with Gasteiger partial charge in [0.15, 0.2) is 0 Å². The van der Waals surface area contributed by atoms with Gasteiger partial charge >= 0.3 is 0 Å². The number of thioether (sulfide) groups is 1. The minimum absolute atomic E-state index is 0.140. The van der Waals surface area contributed by atoms with Crippen molar-refractivity contribution in [2.24, 2.45) is 0 Å². The molecule has 0 atom stereocenters. The Morgan fingerprint density at radius 2 is 1.84 bits per heavy atom. The topological polar surface area (TPSA) is 88.3 Å². The van der Waals surface area contributed by atoms with E-state index in [4.69, 9.17) is 4.42 Å². The first kappa shape index (κ1) is 20.6. The Kier molecular flexibility index (Phi) is 6.28. The molecule has 0 spiro atoms. The molecule has 156 valence electrons. The number of para-hydroxylation sites is 2. The number of hydrogen-bond donors (Lipinski definition) is 1. The minimum atomic E-state index is -0.277. The van der Waals surface area contributed by atoms with Crippen molar-refractivity contribution < 1.29 is 14.0 Å². The molecule has 1 N–H and O–H groups in total. The van der Waals surface area contributed by atoms with E-state index in [-0.39, 0.29) is 24.1 Å². The van der Waals surface area contributed by atoms with Gasteiger partial charge in [0.2, 0.25) is 5.91 Å². The van der Waals surface area contributed by atoms with Crippen LogP contribution in [-0.4, -0.2) is 34.6 Å². The summed E-state index contributed by atoms with van der Waals surface area (Å²) >= 11 is 1.35. The molecule has 8 heteroatoms. The number of aromatic nitrogens is 2. The van der Waals surface area contributed by atoms with Gasteiger partial charge < -0.3 is 14.6 Å². The van der Waals surface area contributed by atoms with Crippen LogP contribution in [0.2, 0.25) is 0 Å². The number of rotatable bonds is 7. The molecule has 2 heterocycles. The molecule has 0 aliphatic carbocycles. The average Bonchev–Trinajstić information content (AvgIpc) is 3.34. The van der Waals surface area contributed by atoms with Gasteiger partial charge in [0.1, 0.15) is 17.1 Å². The van der Waals surface area contributed by atoms with Crippen LogP contribution in [-0.2, 0) is 11.3 Å². The predicted molar refractivity (Wildman–Crippen MR) is 120 cm³/mol. The van der Waals surface area contributed by atoms with Crippen LogP contribution in [0.5, 0.6) is 0 Å². The summed E-state index contributed by atoms with van der Waals surface area (Å²) in [5.41, 5.74) is 1.79. The monoisotopic (exact) mass is 432 g/mol. The van der Waals surface area contributed by atoms with Crippen LogP contribution in [0.15, 0.2) is 82.7 Å². The van der Waals surface area contributed by atoms with Crippen molar-refractivity contribution >= 4 is 40.2 Å². The Hall–Kier alpha value is -3.65. The summed E-state index contributed by atoms with van der Waals surface area (Å²) in [6.45, 7) is 0.272. The number of furan rings is 1. The summed E-state index contributed by atoms with van der Waals surface area (Å²) in [4.78, 5) is 35.6. The molecule has 4 rings (SSSR count). The zero-order valence-corrected chi connectivity index (χ0v) is 17.6. The first-order chi connectivity index (χ1) is 15.1. The molecule has 0 unspecified atom stereocenters. The smallest absolute Gasteiger partial charge is 0.253 e. The van der Waals surface area contributed by atoms with Crippen LogP contribution in [0, 0.1) is 0 Å². The zero-order valence-electron chi connectivity index (χ0n) is 16.8. The number of hydrogen-bond acceptors (Lipinski definition) is 6. The van der Waals surface area contributed by atoms with Gasteiger partial charge in [-0.3, -0.25) is 9.59 Å². The molecule has 4 aromatic rings. The Morgan fingerprint density at radius 3 is 2.68 bits per heavy atom. The summed E-state index contributed by atoms with van der Waals surface area (Å²) < 4.78 is 5.25. The number of benzene rings is 2. The molecule has 0 aliphatic heterocycles. The van der Waals surface area contributed by atoms with E-state index >= 15 is 0 Å². The Bertz CT molecular complexity index is 1210. The lowest BCUT2D eigenvalue weighted by Gasteiger charge is -2.20. The molecular formula is C23H20N4O3S. The lowest BCUT2D eigenvalue weighted by molar-refractivity contribution is -0.115. The largest absolute Gasteiger partial charge is 0.467 e. The Balaban J connectivity index is 1.45. The molecule has 2 aromatic carbocycles. The van der Waals surface area contributed by atoms with Gasteiger partial charge in [0, 0.05) is 12.4 Å². The highest BCUT2D eigenvalue weighted by atomic mass is 32.2. The molecule has 0 saturated heterocycles. The molecule has 0 bridgehead atoms. The minimum Gasteiger partial charge on any atom is -0.467 e. The number of anilines is 1. The van der Waals surface area contributed by atoms with Crippen LogP contribution in [0.3, 0.4) is 0 Å². The lowest BCUT2D eigenvalue weighted by Crippen LogP contribution is -2.31. The van der Waals surface area contributed by atoms with E-state index in [1.807, 2.05) is 24.3 Å². The van der Waals surface area contributed by atoms with Crippen molar-refractivity contribution in [1.82, 2.24) is 15.3 Å². The van der Waals surface area contributed by atoms with E-state index in [0.29, 0.717) is 17.0 Å². The third kappa shape index (κ3) is 4.75. The van der Waals surface area contributed by atoms with Gasteiger partial charge in [0.25, 0.3) is 5.91 Å². The highest BCUT2D eigenvalue weighted by Crippen LogP contribution is 2.26. The summed E-state index contributed by atoms with van der Waals surface area (Å²) in [6.07, 6.45) is 3.05. The highest BCUT2D eigenvalue weighted by molar-refractivity contribution is 8.00. The third-order valence-corrected chi connectivity index (χ3v) is 5.72. The first-order valence-corrected chi connectivity index (χ1v) is 10.6. The van der Waals surface area contributed by atoms with Gasteiger partial charge in [-0.2, -0.15) is 0 Å². The maximum absolute atomic E-state index is 12.9. The normalized spacial score (nSPS) is 10.7. The molecule has 2 aromatic heterocycles. The van der Waals surface area contributed by atoms with Crippen LogP contribution < -0.4 is 10.2 Å². The highest BCUT2D eigenvalue weighted by Gasteiger charge is 2.19. The first-order valence-electron chi connectivity index (χ1n) is 9.62. The van der Waals surface area contributed by atoms with E-state index in [2.05, 4.69) is 15.3 Å². The molecule has 31 heavy (non-hydrogen) atoms. The zero-order chi connectivity index (χ0) is 21.6. The molecular weight excluding hydrogens is 412 g/mol. The van der Waals surface area contributed by atoms with Gasteiger partial charge in [0.05, 0.1) is 35.3 Å². The predicted octanol–water partition coefficient (Wildman–Crippen LogP) is 3.91. The fourth-order valence-corrected chi connectivity index (χ4v) is 3.99. The third-order valence-electron chi connectivity index (χ3n) is 4.73. The molecule has 7 nitrogen and oxygen atoms in total. The number of nitrogens with zero attached hydrogens (tertiary/aromatic N) is 3. The second-order valence-corrected chi connectivity index (χ2v) is 7.68. The molecule has 0 aliphatic rings. The maximum Gasteiger partial charge on any atom is 0.253 e. The fraction of sp³-hybridized carbons (Fsp3) is 0.130. The van der Waals surface area contributed by atoms with Crippen molar-refractivity contribution in [1.29, 1.82) is 0 Å². The number of carbonyl (C=O) groups excluding carboxylic acids is 2. The number of carbonyl (C=O) groups is 2. The van der Waals surface area contributed by atoms with Crippen LogP contribution in [0.1, 0.15) is 16.1 Å². The van der Waals surface area contributed by atoms with Gasteiger partial charge in [-0.05, 0) is 30.3 Å². The Morgan fingerprint density at radius 1 is 1.03 bits per heavy atom. The average molecular weight is 433 g/mol. The van der Waals surface area contributed by atoms with E-state index < -0.39 is 0 Å². The second kappa shape index (κ2) is 9.44. The van der Waals surface area contributed by atoms with E-state index in [1.165, 1.54) is 23.0 Å². The quantitative estimate of drug-likeness (QED) is 0.352. The number of amides is 2. The van der Waals surface area contributed by atoms with E-state index in [0.717, 1.165) is 15.9 Å². The lowest BCUT2D eigenvalue weighted by atomic mass is 10.1. The summed E-state index contributed by atoms with van der Waals surface area (Å²) in [7, 11) is 1.67. The van der Waals surface area contributed by atoms with Crippen molar-refractivity contribution in [2.75, 3.05) is 17.7 Å². The van der Waals surface area contributed by atoms with E-state index in [9.17, 15) is 9.59 Å². The molecule has 0 fully saturated rings. The summed E-state index contributed by atoms with van der Waals surface area (Å²) in [6, 6.07) is 18.2. The SMILES string of the molecule is CN(C(=O)CSc1ncnc2ccccc12)c1ccccc1C(=O)NCc1ccco1. The van der Waals surface area contributed by atoms with Gasteiger partial charge in [-0.1, -0.05) is 42.1 Å². The molecule has 0 saturated carbocycles. The molecule has 0 radical (unpaired) electrons. The number of fused-ring (bicyclic) bond motifs is 1. The number of nitrogens with one attached hydrogen (secondary N) is 1. The van der Waals surface area contributed by atoms with E-state index in [1.54, 1.807) is 49.7 Å². The van der Waals surface area contributed by atoms with Gasteiger partial charge in [-0.15, -0.1) is 0 Å². The fourth-order valence-electron chi connectivity index (χ4n) is 3.09. The standard InChI is InChI=1S/C23H20N4O3S/c1-27(21(28)14-31-23-17-8-2-4-10-19(17)25-15-26-23)20-11-5-3-9-18(20)22(29)24-13-16-7-6-12-30-16/h2-12,15H,13-14H2,1H3,(H,24,29). The summed E-state index contributed by atoms with van der Waals surface area (Å²) in [5, 5.41) is 4.47.